The van der Waals surface area contributed by atoms with Gasteiger partial charge in [-0.15, -0.1) is 4.73 Å². The van der Waals surface area contributed by atoms with Crippen LogP contribution in [-0.2, 0) is 12.8 Å². The first-order valence-corrected chi connectivity index (χ1v) is 5.88. The van der Waals surface area contributed by atoms with Crippen LogP contribution in [0.5, 0.6) is 0 Å². The Hall–Kier alpha value is -2.24. The number of fused-ring (bicyclic) bond motifs is 3. The Kier molecular flexibility index (Phi) is 2.19. The third kappa shape index (κ3) is 1.35. The van der Waals surface area contributed by atoms with Crippen LogP contribution in [-0.4, -0.2) is 14.9 Å². The molecule has 1 aromatic carbocycles. The minimum absolute atomic E-state index is 0.262. The number of hydrogen-bond donors (Lipinski definition) is 3. The quantitative estimate of drug-likeness (QED) is 0.356. The second kappa shape index (κ2) is 3.63. The number of aromatic amines is 1. The van der Waals surface area contributed by atoms with Crippen molar-refractivity contribution in [3.63, 3.8) is 0 Å². The molecule has 1 aromatic heterocycles. The van der Waals surface area contributed by atoms with Gasteiger partial charge in [0, 0.05) is 5.69 Å². The van der Waals surface area contributed by atoms with E-state index >= 15 is 0 Å². The van der Waals surface area contributed by atoms with E-state index < -0.39 is 11.1 Å². The second-order valence-corrected chi connectivity index (χ2v) is 4.60. The summed E-state index contributed by atoms with van der Waals surface area (Å²) in [6.45, 7) is 0. The number of nitrogens with two attached hydrogens (primary N) is 1. The number of nitrogens with one attached hydrogen (secondary N) is 1. The number of H-pyrrole nitrogens is 1. The molecule has 18 heavy (non-hydrogen) atoms. The highest BCUT2D eigenvalue weighted by atomic mass is 16.5. The average molecular weight is 247 g/mol. The van der Waals surface area contributed by atoms with Crippen molar-refractivity contribution in [3.8, 4) is 0 Å². The molecule has 94 valence electrons. The molecular weight excluding hydrogens is 234 g/mol. The standard InChI is InChI=1S/C12H13N3O3/c13-8-5-9-10(7-4-2-1-3-6(7)8)14-11(16)12(17)15(9)18/h5,18H,1-4,13H2,(H,14,16). The van der Waals surface area contributed by atoms with Crippen LogP contribution in [0.4, 0.5) is 5.69 Å². The van der Waals surface area contributed by atoms with Crippen LogP contribution >= 0.6 is 0 Å². The fraction of sp³-hybridized carbons (Fsp3) is 0.333. The Morgan fingerprint density at radius 2 is 1.89 bits per heavy atom. The van der Waals surface area contributed by atoms with E-state index in [9.17, 15) is 14.8 Å². The summed E-state index contributed by atoms with van der Waals surface area (Å²) in [4.78, 5) is 25.4. The van der Waals surface area contributed by atoms with Gasteiger partial charge >= 0.3 is 11.1 Å². The molecule has 0 saturated heterocycles. The zero-order valence-electron chi connectivity index (χ0n) is 9.69. The minimum Gasteiger partial charge on any atom is -0.425 e. The maximum atomic E-state index is 11.4. The summed E-state index contributed by atoms with van der Waals surface area (Å²) in [7, 11) is 0. The summed E-state index contributed by atoms with van der Waals surface area (Å²) < 4.78 is 0.374. The Labute approximate surface area is 102 Å². The van der Waals surface area contributed by atoms with Gasteiger partial charge in [-0.05, 0) is 42.9 Å². The van der Waals surface area contributed by atoms with Crippen molar-refractivity contribution in [1.29, 1.82) is 0 Å². The maximum Gasteiger partial charge on any atom is 0.348 e. The van der Waals surface area contributed by atoms with Gasteiger partial charge in [-0.1, -0.05) is 0 Å². The van der Waals surface area contributed by atoms with Gasteiger partial charge in [-0.3, -0.25) is 9.59 Å². The Bertz CT molecular complexity index is 758. The molecule has 1 aliphatic rings. The first-order valence-electron chi connectivity index (χ1n) is 5.88. The van der Waals surface area contributed by atoms with E-state index in [1.165, 1.54) is 6.07 Å². The number of nitrogens with zero attached hydrogens (tertiary/aromatic N) is 1. The molecule has 0 radical (unpaired) electrons. The molecule has 0 amide bonds. The molecule has 1 heterocycles. The summed E-state index contributed by atoms with van der Waals surface area (Å²) in [5.41, 5.74) is 7.44. The van der Waals surface area contributed by atoms with Gasteiger partial charge in [-0.2, -0.15) is 0 Å². The highest BCUT2D eigenvalue weighted by Gasteiger charge is 2.19. The van der Waals surface area contributed by atoms with E-state index in [1.807, 2.05) is 0 Å². The Morgan fingerprint density at radius 1 is 1.22 bits per heavy atom. The van der Waals surface area contributed by atoms with Crippen molar-refractivity contribution in [3.05, 3.63) is 37.9 Å². The van der Waals surface area contributed by atoms with Crippen molar-refractivity contribution >= 4 is 16.7 Å². The van der Waals surface area contributed by atoms with E-state index in [-0.39, 0.29) is 5.52 Å². The molecular formula is C12H13N3O3. The van der Waals surface area contributed by atoms with Gasteiger partial charge in [0.05, 0.1) is 5.52 Å². The number of hydrogen-bond acceptors (Lipinski definition) is 4. The second-order valence-electron chi connectivity index (χ2n) is 4.60. The Balaban J connectivity index is 2.53. The van der Waals surface area contributed by atoms with E-state index in [0.717, 1.165) is 36.8 Å². The summed E-state index contributed by atoms with van der Waals surface area (Å²) in [6.07, 6.45) is 3.73. The van der Waals surface area contributed by atoms with Crippen LogP contribution < -0.4 is 16.9 Å². The van der Waals surface area contributed by atoms with Crippen LogP contribution in [0.15, 0.2) is 15.7 Å². The number of benzene rings is 1. The third-order valence-electron chi connectivity index (χ3n) is 3.52. The van der Waals surface area contributed by atoms with Crippen molar-refractivity contribution < 1.29 is 5.21 Å². The fourth-order valence-corrected chi connectivity index (χ4v) is 2.64. The van der Waals surface area contributed by atoms with E-state index in [1.54, 1.807) is 0 Å². The maximum absolute atomic E-state index is 11.4. The predicted molar refractivity (Wildman–Crippen MR) is 67.1 cm³/mol. The van der Waals surface area contributed by atoms with Crippen molar-refractivity contribution in [1.82, 2.24) is 9.71 Å². The SMILES string of the molecule is Nc1cc2c([nH]c(=O)c(=O)n2O)c2c1CCCC2. The molecule has 0 bridgehead atoms. The number of aryl methyl sites for hydroxylation is 1. The highest BCUT2D eigenvalue weighted by molar-refractivity contribution is 5.84. The van der Waals surface area contributed by atoms with Gasteiger partial charge in [-0.25, -0.2) is 0 Å². The predicted octanol–water partition coefficient (Wildman–Crippen LogP) is 0.388. The van der Waals surface area contributed by atoms with Gasteiger partial charge < -0.3 is 15.9 Å². The summed E-state index contributed by atoms with van der Waals surface area (Å²) >= 11 is 0. The lowest BCUT2D eigenvalue weighted by atomic mass is 9.89. The molecule has 0 unspecified atom stereocenters. The molecule has 0 spiro atoms. The highest BCUT2D eigenvalue weighted by Crippen LogP contribution is 2.31. The monoisotopic (exact) mass is 247 g/mol. The lowest BCUT2D eigenvalue weighted by molar-refractivity contribution is 0.186. The van der Waals surface area contributed by atoms with E-state index in [4.69, 9.17) is 5.73 Å². The number of aromatic nitrogens is 2. The fourth-order valence-electron chi connectivity index (χ4n) is 2.64. The molecule has 0 atom stereocenters. The van der Waals surface area contributed by atoms with Crippen molar-refractivity contribution in [2.45, 2.75) is 25.7 Å². The van der Waals surface area contributed by atoms with Crippen LogP contribution in [0.3, 0.4) is 0 Å². The third-order valence-corrected chi connectivity index (χ3v) is 3.52. The van der Waals surface area contributed by atoms with Crippen molar-refractivity contribution in [2.24, 2.45) is 0 Å². The molecule has 2 aromatic rings. The Morgan fingerprint density at radius 3 is 2.61 bits per heavy atom. The van der Waals surface area contributed by atoms with E-state index in [0.29, 0.717) is 15.9 Å². The van der Waals surface area contributed by atoms with Crippen LogP contribution in [0.25, 0.3) is 11.0 Å². The molecule has 6 nitrogen and oxygen atoms in total. The number of rotatable bonds is 0. The van der Waals surface area contributed by atoms with Crippen LogP contribution in [0, 0.1) is 0 Å². The topological polar surface area (TPSA) is 101 Å². The van der Waals surface area contributed by atoms with Gasteiger partial charge in [0.15, 0.2) is 0 Å². The number of nitrogen functional groups attached to an aromatic ring is 1. The largest absolute Gasteiger partial charge is 0.425 e. The van der Waals surface area contributed by atoms with Crippen LogP contribution in [0.1, 0.15) is 24.0 Å². The molecule has 6 heteroatoms. The molecule has 3 rings (SSSR count). The molecule has 0 fully saturated rings. The molecule has 4 N–H and O–H groups in total. The lowest BCUT2D eigenvalue weighted by Crippen LogP contribution is -2.35. The summed E-state index contributed by atoms with van der Waals surface area (Å²) in [5, 5.41) is 9.69. The molecule has 0 saturated carbocycles. The zero-order valence-corrected chi connectivity index (χ0v) is 9.69. The molecule has 1 aliphatic carbocycles. The van der Waals surface area contributed by atoms with Crippen molar-refractivity contribution in [2.75, 3.05) is 5.73 Å². The van der Waals surface area contributed by atoms with E-state index in [2.05, 4.69) is 4.98 Å². The smallest absolute Gasteiger partial charge is 0.348 e. The zero-order chi connectivity index (χ0) is 12.9. The number of anilines is 1. The summed E-state index contributed by atoms with van der Waals surface area (Å²) in [6, 6.07) is 1.54. The van der Waals surface area contributed by atoms with Gasteiger partial charge in [0.1, 0.15) is 5.52 Å². The van der Waals surface area contributed by atoms with Crippen LogP contribution in [0.2, 0.25) is 0 Å². The average Bonchev–Trinajstić information content (AvgIpc) is 2.38. The van der Waals surface area contributed by atoms with Gasteiger partial charge in [0.25, 0.3) is 0 Å². The first kappa shape index (κ1) is 10.9. The summed E-state index contributed by atoms with van der Waals surface area (Å²) in [5.74, 6) is 0. The minimum atomic E-state index is -0.988. The van der Waals surface area contributed by atoms with Gasteiger partial charge in [0.2, 0.25) is 0 Å². The normalized spacial score (nSPS) is 14.7. The molecule has 0 aliphatic heterocycles. The lowest BCUT2D eigenvalue weighted by Gasteiger charge is -2.20. The first-order chi connectivity index (χ1) is 8.59.